The van der Waals surface area contributed by atoms with E-state index >= 15 is 0 Å². The lowest BCUT2D eigenvalue weighted by Gasteiger charge is -2.44. The van der Waals surface area contributed by atoms with Crippen molar-refractivity contribution in [1.82, 2.24) is 5.32 Å². The number of ether oxygens (including phenoxy) is 1. The predicted octanol–water partition coefficient (Wildman–Crippen LogP) is 4.70. The Morgan fingerprint density at radius 1 is 1.06 bits per heavy atom. The molecule has 32 heavy (non-hydrogen) atoms. The molecular formula is C26H26N2O3S. The summed E-state index contributed by atoms with van der Waals surface area (Å²) in [6.07, 6.45) is 2.45. The summed E-state index contributed by atoms with van der Waals surface area (Å²) in [6.45, 7) is 2.21. The lowest BCUT2D eigenvalue weighted by atomic mass is 9.82. The molecule has 0 fully saturated rings. The van der Waals surface area contributed by atoms with Crippen LogP contribution in [-0.2, 0) is 17.8 Å². The maximum absolute atomic E-state index is 13.6. The van der Waals surface area contributed by atoms with Gasteiger partial charge in [0.1, 0.15) is 11.3 Å². The van der Waals surface area contributed by atoms with Crippen LogP contribution in [0.2, 0.25) is 0 Å². The van der Waals surface area contributed by atoms with Crippen molar-refractivity contribution in [3.05, 3.63) is 89.5 Å². The summed E-state index contributed by atoms with van der Waals surface area (Å²) in [7, 11) is 1.62. The van der Waals surface area contributed by atoms with Gasteiger partial charge < -0.3 is 10.1 Å². The number of hydrogen-bond donors (Lipinski definition) is 1. The second kappa shape index (κ2) is 9.09. The van der Waals surface area contributed by atoms with Crippen molar-refractivity contribution in [2.45, 2.75) is 30.3 Å². The summed E-state index contributed by atoms with van der Waals surface area (Å²) in [5, 5.41) is 3.04. The standard InChI is InChI=1S/C26H26N2O3S/c1-26(25(30)27-17-18-8-12-21(31-2)13-9-18)16-19-6-4-5-7-23(19)24(29)28(26)20-10-14-22(32-3)15-11-20/h4-15H,16-17H2,1-3H3,(H,27,30)/t26-/m1/s1. The largest absolute Gasteiger partial charge is 0.497 e. The first-order valence-electron chi connectivity index (χ1n) is 10.4. The monoisotopic (exact) mass is 446 g/mol. The smallest absolute Gasteiger partial charge is 0.259 e. The van der Waals surface area contributed by atoms with Gasteiger partial charge in [0.15, 0.2) is 0 Å². The predicted molar refractivity (Wildman–Crippen MR) is 128 cm³/mol. The van der Waals surface area contributed by atoms with Crippen LogP contribution in [0.5, 0.6) is 5.75 Å². The normalized spacial score (nSPS) is 17.6. The van der Waals surface area contributed by atoms with Crippen LogP contribution in [-0.4, -0.2) is 30.7 Å². The first kappa shape index (κ1) is 22.0. The van der Waals surface area contributed by atoms with Crippen molar-refractivity contribution >= 4 is 29.3 Å². The molecule has 1 N–H and O–H groups in total. The minimum Gasteiger partial charge on any atom is -0.497 e. The van der Waals surface area contributed by atoms with Crippen LogP contribution < -0.4 is 15.0 Å². The van der Waals surface area contributed by atoms with Crippen LogP contribution in [0, 0.1) is 0 Å². The molecule has 3 aromatic carbocycles. The molecule has 1 aliphatic rings. The molecule has 2 amide bonds. The van der Waals surface area contributed by atoms with Crippen molar-refractivity contribution < 1.29 is 14.3 Å². The van der Waals surface area contributed by atoms with E-state index in [0.717, 1.165) is 21.8 Å². The van der Waals surface area contributed by atoms with E-state index in [9.17, 15) is 9.59 Å². The number of nitrogens with zero attached hydrogens (tertiary/aromatic N) is 1. The molecule has 0 aromatic heterocycles. The summed E-state index contributed by atoms with van der Waals surface area (Å²) >= 11 is 1.64. The Hall–Kier alpha value is -3.25. The maximum atomic E-state index is 13.6. The number of fused-ring (bicyclic) bond motifs is 1. The van der Waals surface area contributed by atoms with Gasteiger partial charge in [-0.2, -0.15) is 0 Å². The molecule has 0 saturated carbocycles. The molecule has 1 atom stereocenters. The van der Waals surface area contributed by atoms with Gasteiger partial charge in [0.25, 0.3) is 5.91 Å². The Balaban J connectivity index is 1.66. The highest BCUT2D eigenvalue weighted by molar-refractivity contribution is 7.98. The average molecular weight is 447 g/mol. The zero-order valence-electron chi connectivity index (χ0n) is 18.4. The molecule has 1 aliphatic heterocycles. The number of anilines is 1. The third-order valence-electron chi connectivity index (χ3n) is 5.91. The molecule has 4 rings (SSSR count). The van der Waals surface area contributed by atoms with Gasteiger partial charge in [0.2, 0.25) is 5.91 Å². The van der Waals surface area contributed by atoms with Gasteiger partial charge in [-0.3, -0.25) is 14.5 Å². The zero-order chi connectivity index (χ0) is 22.7. The minimum absolute atomic E-state index is 0.161. The van der Waals surface area contributed by atoms with Gasteiger partial charge >= 0.3 is 0 Å². The third-order valence-corrected chi connectivity index (χ3v) is 6.65. The van der Waals surface area contributed by atoms with Gasteiger partial charge in [0.05, 0.1) is 7.11 Å². The molecule has 0 radical (unpaired) electrons. The van der Waals surface area contributed by atoms with Gasteiger partial charge in [0, 0.05) is 29.1 Å². The molecule has 164 valence electrons. The number of amides is 2. The van der Waals surface area contributed by atoms with Crippen molar-refractivity contribution in [1.29, 1.82) is 0 Å². The Morgan fingerprint density at radius 3 is 2.41 bits per heavy atom. The van der Waals surface area contributed by atoms with Gasteiger partial charge in [-0.1, -0.05) is 30.3 Å². The number of rotatable bonds is 6. The number of hydrogen-bond acceptors (Lipinski definition) is 4. The Labute approximate surface area is 192 Å². The summed E-state index contributed by atoms with van der Waals surface area (Å²) in [4.78, 5) is 29.9. The van der Waals surface area contributed by atoms with E-state index in [-0.39, 0.29) is 11.8 Å². The topological polar surface area (TPSA) is 58.6 Å². The first-order valence-corrected chi connectivity index (χ1v) is 11.7. The molecule has 0 spiro atoms. The fourth-order valence-electron chi connectivity index (χ4n) is 4.11. The highest BCUT2D eigenvalue weighted by Gasteiger charge is 2.47. The molecule has 6 heteroatoms. The highest BCUT2D eigenvalue weighted by atomic mass is 32.2. The van der Waals surface area contributed by atoms with Crippen LogP contribution in [0.1, 0.15) is 28.4 Å². The molecule has 5 nitrogen and oxygen atoms in total. The number of benzene rings is 3. The number of carbonyl (C=O) groups excluding carboxylic acids is 2. The van der Waals surface area contributed by atoms with E-state index in [1.807, 2.05) is 86.0 Å². The molecular weight excluding hydrogens is 420 g/mol. The van der Waals surface area contributed by atoms with Crippen molar-refractivity contribution in [3.8, 4) is 5.75 Å². The fraction of sp³-hybridized carbons (Fsp3) is 0.231. The molecule has 0 unspecified atom stereocenters. The first-order chi connectivity index (χ1) is 15.5. The van der Waals surface area contributed by atoms with E-state index in [1.165, 1.54) is 0 Å². The van der Waals surface area contributed by atoms with Crippen LogP contribution in [0.3, 0.4) is 0 Å². The Kier molecular flexibility index (Phi) is 6.24. The SMILES string of the molecule is COc1ccc(CNC(=O)[C@@]2(C)Cc3ccccc3C(=O)N2c2ccc(SC)cc2)cc1. The van der Waals surface area contributed by atoms with Gasteiger partial charge in [-0.25, -0.2) is 0 Å². The van der Waals surface area contributed by atoms with Crippen molar-refractivity contribution in [2.75, 3.05) is 18.3 Å². The summed E-state index contributed by atoms with van der Waals surface area (Å²) < 4.78 is 5.20. The molecule has 0 bridgehead atoms. The number of thioether (sulfide) groups is 1. The molecule has 0 saturated heterocycles. The van der Waals surface area contributed by atoms with Gasteiger partial charge in [-0.15, -0.1) is 11.8 Å². The lowest BCUT2D eigenvalue weighted by molar-refractivity contribution is -0.126. The van der Waals surface area contributed by atoms with E-state index in [2.05, 4.69) is 5.32 Å². The van der Waals surface area contributed by atoms with Crippen molar-refractivity contribution in [2.24, 2.45) is 0 Å². The lowest BCUT2D eigenvalue weighted by Crippen LogP contribution is -2.63. The second-order valence-electron chi connectivity index (χ2n) is 7.98. The van der Waals surface area contributed by atoms with Gasteiger partial charge in [-0.05, 0) is 66.8 Å². The number of nitrogens with one attached hydrogen (secondary N) is 1. The van der Waals surface area contributed by atoms with Crippen LogP contribution in [0.15, 0.2) is 77.7 Å². The Morgan fingerprint density at radius 2 is 1.75 bits per heavy atom. The number of methoxy groups -OCH3 is 1. The average Bonchev–Trinajstić information content (AvgIpc) is 2.83. The van der Waals surface area contributed by atoms with E-state index < -0.39 is 5.54 Å². The molecule has 3 aromatic rings. The van der Waals surface area contributed by atoms with Crippen LogP contribution in [0.4, 0.5) is 5.69 Å². The zero-order valence-corrected chi connectivity index (χ0v) is 19.2. The summed E-state index contributed by atoms with van der Waals surface area (Å²) in [5.74, 6) is 0.414. The molecule has 1 heterocycles. The van der Waals surface area contributed by atoms with Crippen LogP contribution in [0.25, 0.3) is 0 Å². The van der Waals surface area contributed by atoms with Crippen LogP contribution >= 0.6 is 11.8 Å². The molecule has 0 aliphatic carbocycles. The van der Waals surface area contributed by atoms with E-state index in [4.69, 9.17) is 4.74 Å². The quantitative estimate of drug-likeness (QED) is 0.558. The summed E-state index contributed by atoms with van der Waals surface area (Å²) in [5.41, 5.74) is 2.14. The van der Waals surface area contributed by atoms with E-state index in [0.29, 0.717) is 24.2 Å². The maximum Gasteiger partial charge on any atom is 0.259 e. The third kappa shape index (κ3) is 4.10. The number of carbonyl (C=O) groups is 2. The van der Waals surface area contributed by atoms with E-state index in [1.54, 1.807) is 23.8 Å². The fourth-order valence-corrected chi connectivity index (χ4v) is 4.52. The minimum atomic E-state index is -1.06. The Bertz CT molecular complexity index is 1130. The summed E-state index contributed by atoms with van der Waals surface area (Å²) in [6, 6.07) is 22.9. The second-order valence-corrected chi connectivity index (χ2v) is 8.86. The highest BCUT2D eigenvalue weighted by Crippen LogP contribution is 2.36. The van der Waals surface area contributed by atoms with Crippen molar-refractivity contribution in [3.63, 3.8) is 0 Å².